The molecule has 52 heavy (non-hydrogen) atoms. The average Bonchev–Trinajstić information content (AvgIpc) is 3.65. The third-order valence-electron chi connectivity index (χ3n) is 11.0. The zero-order valence-corrected chi connectivity index (χ0v) is 34.9. The van der Waals surface area contributed by atoms with E-state index in [-0.39, 0.29) is 21.8 Å². The van der Waals surface area contributed by atoms with Crippen LogP contribution in [-0.4, -0.2) is 87.8 Å². The van der Waals surface area contributed by atoms with Crippen LogP contribution in [0.4, 0.5) is 5.82 Å². The summed E-state index contributed by atoms with van der Waals surface area (Å²) in [4.78, 5) is 27.3. The van der Waals surface area contributed by atoms with E-state index >= 15 is 0 Å². The highest BCUT2D eigenvalue weighted by Gasteiger charge is 2.54. The topological polar surface area (TPSA) is 119 Å². The Hall–Kier alpha value is -3.47. The lowest BCUT2D eigenvalue weighted by molar-refractivity contribution is -0.0562. The van der Waals surface area contributed by atoms with Gasteiger partial charge in [-0.05, 0) is 47.4 Å². The van der Waals surface area contributed by atoms with Gasteiger partial charge in [-0.15, -0.1) is 0 Å². The number of rotatable bonds is 13. The number of esters is 1. The normalized spacial score (nSPS) is 20.1. The molecule has 4 atom stereocenters. The highest BCUT2D eigenvalue weighted by molar-refractivity contribution is 6.74. The maximum atomic E-state index is 13.1. The average molecular weight is 748 g/mol. The Morgan fingerprint density at radius 3 is 1.88 bits per heavy atom. The molecule has 0 saturated carbocycles. The smallest absolute Gasteiger partial charge is 0.376 e. The third-order valence-corrected chi connectivity index (χ3v) is 20.0. The number of hydrogen-bond acceptors (Lipinski definition) is 10. The molecular formula is C39H57N5O6Si2. The third kappa shape index (κ3) is 8.34. The van der Waals surface area contributed by atoms with Crippen molar-refractivity contribution in [3.8, 4) is 0 Å². The number of aromatic nitrogens is 4. The fraction of sp³-hybridized carbons (Fsp3) is 0.538. The summed E-state index contributed by atoms with van der Waals surface area (Å²) < 4.78 is 34.0. The highest BCUT2D eigenvalue weighted by atomic mass is 28.4. The minimum atomic E-state index is -2.38. The van der Waals surface area contributed by atoms with Crippen molar-refractivity contribution < 1.29 is 27.9 Å². The molecule has 5 rings (SSSR count). The number of benzene rings is 2. The van der Waals surface area contributed by atoms with Gasteiger partial charge in [-0.3, -0.25) is 4.57 Å². The maximum absolute atomic E-state index is 13.1. The van der Waals surface area contributed by atoms with Gasteiger partial charge in [-0.2, -0.15) is 0 Å². The summed E-state index contributed by atoms with van der Waals surface area (Å²) in [5.41, 5.74) is 3.21. The Morgan fingerprint density at radius 2 is 1.38 bits per heavy atom. The van der Waals surface area contributed by atoms with Crippen molar-refractivity contribution in [1.29, 1.82) is 0 Å². The fourth-order valence-corrected chi connectivity index (χ4v) is 8.54. The first-order valence-corrected chi connectivity index (χ1v) is 23.9. The van der Waals surface area contributed by atoms with Crippen LogP contribution in [0.1, 0.15) is 75.4 Å². The van der Waals surface area contributed by atoms with E-state index in [4.69, 9.17) is 33.0 Å². The van der Waals surface area contributed by atoms with Crippen LogP contribution in [0.2, 0.25) is 36.3 Å². The van der Waals surface area contributed by atoms with E-state index in [1.165, 1.54) is 7.11 Å². The number of carbonyl (C=O) groups excluding carboxylic acids is 1. The van der Waals surface area contributed by atoms with Gasteiger partial charge >= 0.3 is 5.97 Å². The molecule has 1 aliphatic rings. The van der Waals surface area contributed by atoms with E-state index in [0.29, 0.717) is 30.1 Å². The molecule has 1 N–H and O–H groups in total. The predicted molar refractivity (Wildman–Crippen MR) is 210 cm³/mol. The van der Waals surface area contributed by atoms with Crippen LogP contribution in [0, 0.1) is 0 Å². The number of fused-ring (bicyclic) bond motifs is 1. The minimum absolute atomic E-state index is 0.000317. The molecule has 0 aliphatic carbocycles. The zero-order valence-electron chi connectivity index (χ0n) is 32.9. The molecular weight excluding hydrogens is 691 g/mol. The lowest BCUT2D eigenvalue weighted by Gasteiger charge is -2.44. The van der Waals surface area contributed by atoms with Gasteiger partial charge in [0.15, 0.2) is 39.8 Å². The van der Waals surface area contributed by atoms with Crippen LogP contribution < -0.4 is 5.32 Å². The van der Waals surface area contributed by atoms with E-state index in [2.05, 4.69) is 102 Å². The van der Waals surface area contributed by atoms with Crippen molar-refractivity contribution in [2.24, 2.45) is 0 Å². The van der Waals surface area contributed by atoms with E-state index in [1.807, 2.05) is 41.0 Å². The van der Waals surface area contributed by atoms with Gasteiger partial charge in [0.2, 0.25) is 5.82 Å². The van der Waals surface area contributed by atoms with Crippen LogP contribution in [-0.2, 0) is 23.1 Å². The maximum Gasteiger partial charge on any atom is 0.376 e. The second-order valence-corrected chi connectivity index (χ2v) is 26.2. The number of anilines is 1. The number of imidazole rings is 1. The van der Waals surface area contributed by atoms with Gasteiger partial charge < -0.3 is 28.4 Å². The van der Waals surface area contributed by atoms with E-state index < -0.39 is 47.1 Å². The van der Waals surface area contributed by atoms with Crippen molar-refractivity contribution in [2.45, 2.75) is 108 Å². The number of hydrogen-bond donors (Lipinski definition) is 1. The van der Waals surface area contributed by atoms with Crippen LogP contribution in [0.15, 0.2) is 67.0 Å². The second kappa shape index (κ2) is 15.5. The van der Waals surface area contributed by atoms with Crippen LogP contribution >= 0.6 is 0 Å². The minimum Gasteiger partial charge on any atom is -0.463 e. The Bertz CT molecular complexity index is 1770. The van der Waals surface area contributed by atoms with Gasteiger partial charge in [-0.25, -0.2) is 19.7 Å². The van der Waals surface area contributed by atoms with Crippen molar-refractivity contribution in [3.05, 3.63) is 83.9 Å². The summed E-state index contributed by atoms with van der Waals surface area (Å²) in [6.07, 6.45) is -0.338. The van der Waals surface area contributed by atoms with Crippen molar-refractivity contribution in [1.82, 2.24) is 19.5 Å². The van der Waals surface area contributed by atoms with Gasteiger partial charge in [0.1, 0.15) is 18.3 Å². The standard InChI is InChI=1S/C39H57N5O6Si2/c1-38(2,3)51(9,10)49-31-29(24-46-7)48-36(32(31)50-52(11,12)39(4,5)6)44-25-41-30-33(42-34(37(45)47-8)43-35(30)44)40-23-28(26-19-15-13-16-20-26)27-21-17-14-18-22-27/h13-22,25,28-29,31-32,36H,23-24H2,1-12H3,(H,40,42,43)/t29-,31-,32+,36-/m1/s1. The summed E-state index contributed by atoms with van der Waals surface area (Å²) in [5.74, 6) is -0.321. The monoisotopic (exact) mass is 747 g/mol. The molecule has 11 nitrogen and oxygen atoms in total. The molecule has 2 aromatic heterocycles. The fourth-order valence-electron chi connectivity index (χ4n) is 5.94. The molecule has 0 spiro atoms. The van der Waals surface area contributed by atoms with Gasteiger partial charge in [0, 0.05) is 19.6 Å². The summed E-state index contributed by atoms with van der Waals surface area (Å²) in [6, 6.07) is 20.6. The lowest BCUT2D eigenvalue weighted by atomic mass is 9.91. The first-order valence-electron chi connectivity index (χ1n) is 18.0. The quantitative estimate of drug-likeness (QED) is 0.106. The molecule has 1 aliphatic heterocycles. The van der Waals surface area contributed by atoms with E-state index in [9.17, 15) is 4.79 Å². The molecule has 0 unspecified atom stereocenters. The summed E-state index contributed by atoms with van der Waals surface area (Å²) in [6.45, 7) is 23.1. The van der Waals surface area contributed by atoms with Crippen LogP contribution in [0.5, 0.6) is 0 Å². The molecule has 0 bridgehead atoms. The molecule has 0 amide bonds. The Morgan fingerprint density at radius 1 is 0.846 bits per heavy atom. The zero-order chi connectivity index (χ0) is 38.1. The van der Waals surface area contributed by atoms with Crippen molar-refractivity contribution in [2.75, 3.05) is 32.7 Å². The molecule has 282 valence electrons. The summed E-state index contributed by atoms with van der Waals surface area (Å²) in [7, 11) is -1.70. The first-order chi connectivity index (χ1) is 24.4. The summed E-state index contributed by atoms with van der Waals surface area (Å²) >= 11 is 0. The molecule has 0 radical (unpaired) electrons. The Balaban J connectivity index is 1.62. The number of ether oxygens (including phenoxy) is 3. The molecule has 13 heteroatoms. The van der Waals surface area contributed by atoms with Crippen molar-refractivity contribution in [3.63, 3.8) is 0 Å². The second-order valence-electron chi connectivity index (χ2n) is 16.7. The van der Waals surface area contributed by atoms with Gasteiger partial charge in [0.25, 0.3) is 0 Å². The predicted octanol–water partition coefficient (Wildman–Crippen LogP) is 8.18. The number of nitrogens with one attached hydrogen (secondary N) is 1. The van der Waals surface area contributed by atoms with Crippen LogP contribution in [0.25, 0.3) is 11.2 Å². The summed E-state index contributed by atoms with van der Waals surface area (Å²) in [5, 5.41) is 3.39. The molecule has 4 aromatic rings. The largest absolute Gasteiger partial charge is 0.463 e. The van der Waals surface area contributed by atoms with Gasteiger partial charge in [-0.1, -0.05) is 102 Å². The Kier molecular flexibility index (Phi) is 11.8. The van der Waals surface area contributed by atoms with E-state index in [0.717, 1.165) is 11.1 Å². The highest BCUT2D eigenvalue weighted by Crippen LogP contribution is 2.46. The Labute approximate surface area is 311 Å². The SMILES string of the molecule is COC[C@H]1O[C@@H](n2cnc3c(NCC(c4ccccc4)c4ccccc4)nc(C(=O)OC)nc32)[C@@H](O[Si](C)(C)C(C)(C)C)[C@@H]1O[Si](C)(C)C(C)(C)C. The molecule has 3 heterocycles. The number of nitrogens with zero attached hydrogens (tertiary/aromatic N) is 4. The molecule has 1 saturated heterocycles. The molecule has 2 aromatic carbocycles. The van der Waals surface area contributed by atoms with E-state index in [1.54, 1.807) is 13.4 Å². The molecule has 1 fully saturated rings. The van der Waals surface area contributed by atoms with Gasteiger partial charge in [0.05, 0.1) is 20.0 Å². The van der Waals surface area contributed by atoms with Crippen molar-refractivity contribution >= 4 is 39.6 Å². The number of carbonyl (C=O) groups is 1. The number of methoxy groups -OCH3 is 2. The van der Waals surface area contributed by atoms with Crippen LogP contribution in [0.3, 0.4) is 0 Å². The first kappa shape index (κ1) is 39.7. The lowest BCUT2D eigenvalue weighted by Crippen LogP contribution is -2.54.